The normalized spacial score (nSPS) is 12.2. The molecule has 1 atom stereocenters. The monoisotopic (exact) mass is 207 g/mol. The number of carbonyl (C=O) groups excluding carboxylic acids is 1. The van der Waals surface area contributed by atoms with Gasteiger partial charge in [-0.15, -0.1) is 0 Å². The second-order valence-corrected chi connectivity index (χ2v) is 3.55. The molecule has 3 heteroatoms. The summed E-state index contributed by atoms with van der Waals surface area (Å²) in [6.07, 6.45) is 0.527. The molecule has 1 rings (SSSR count). The summed E-state index contributed by atoms with van der Waals surface area (Å²) >= 11 is 0. The molecule has 0 fully saturated rings. The highest BCUT2D eigenvalue weighted by atomic mass is 16.5. The van der Waals surface area contributed by atoms with Crippen LogP contribution in [0.5, 0.6) is 0 Å². The summed E-state index contributed by atoms with van der Waals surface area (Å²) in [5.41, 5.74) is 7.95. The molecule has 82 valence electrons. The number of carbonyl (C=O) groups is 1. The van der Waals surface area contributed by atoms with E-state index in [1.165, 1.54) is 5.56 Å². The van der Waals surface area contributed by atoms with Crippen LogP contribution in [-0.2, 0) is 16.0 Å². The number of aryl methyl sites for hydroxylation is 1. The molecule has 0 bridgehead atoms. The number of hydrogen-bond donors (Lipinski definition) is 1. The van der Waals surface area contributed by atoms with Crippen molar-refractivity contribution in [1.29, 1.82) is 0 Å². The van der Waals surface area contributed by atoms with Crippen molar-refractivity contribution in [3.05, 3.63) is 35.4 Å². The minimum atomic E-state index is -0.562. The predicted octanol–water partition coefficient (Wildman–Crippen LogP) is 1.43. The molecule has 0 aromatic heterocycles. The van der Waals surface area contributed by atoms with E-state index in [0.717, 1.165) is 5.56 Å². The van der Waals surface area contributed by atoms with Crippen molar-refractivity contribution in [1.82, 2.24) is 0 Å². The quantitative estimate of drug-likeness (QED) is 0.760. The zero-order valence-electron chi connectivity index (χ0n) is 9.19. The van der Waals surface area contributed by atoms with E-state index in [2.05, 4.69) is 0 Å². The third-order valence-corrected chi connectivity index (χ3v) is 2.17. The Hall–Kier alpha value is -1.35. The van der Waals surface area contributed by atoms with Crippen LogP contribution in [0.25, 0.3) is 0 Å². The van der Waals surface area contributed by atoms with E-state index in [1.807, 2.05) is 31.2 Å². The summed E-state index contributed by atoms with van der Waals surface area (Å²) in [5, 5.41) is 0. The summed E-state index contributed by atoms with van der Waals surface area (Å²) < 4.78 is 4.84. The van der Waals surface area contributed by atoms with Gasteiger partial charge in [0.2, 0.25) is 0 Å². The summed E-state index contributed by atoms with van der Waals surface area (Å²) in [4.78, 5) is 11.3. The van der Waals surface area contributed by atoms with Gasteiger partial charge in [0.1, 0.15) is 6.04 Å². The molecule has 0 spiro atoms. The minimum absolute atomic E-state index is 0.335. The lowest BCUT2D eigenvalue weighted by atomic mass is 10.1. The van der Waals surface area contributed by atoms with Gasteiger partial charge in [0.25, 0.3) is 0 Å². The number of hydrogen-bond acceptors (Lipinski definition) is 3. The molecule has 0 saturated heterocycles. The Balaban J connectivity index is 2.54. The van der Waals surface area contributed by atoms with Gasteiger partial charge in [-0.1, -0.05) is 29.8 Å². The lowest BCUT2D eigenvalue weighted by Gasteiger charge is -2.10. The van der Waals surface area contributed by atoms with Gasteiger partial charge in [0, 0.05) is 0 Å². The van der Waals surface area contributed by atoms with Crippen molar-refractivity contribution < 1.29 is 9.53 Å². The molecule has 0 heterocycles. The summed E-state index contributed by atoms with van der Waals surface area (Å²) in [5.74, 6) is -0.335. The molecule has 15 heavy (non-hydrogen) atoms. The third kappa shape index (κ3) is 3.72. The lowest BCUT2D eigenvalue weighted by Crippen LogP contribution is -2.34. The molecular weight excluding hydrogens is 190 g/mol. The van der Waals surface area contributed by atoms with Gasteiger partial charge < -0.3 is 10.5 Å². The first-order valence-corrected chi connectivity index (χ1v) is 5.11. The Kier molecular flexibility index (Phi) is 4.31. The molecule has 0 radical (unpaired) electrons. The second kappa shape index (κ2) is 5.51. The van der Waals surface area contributed by atoms with Crippen LogP contribution in [0.1, 0.15) is 18.1 Å². The molecule has 0 saturated carbocycles. The fourth-order valence-corrected chi connectivity index (χ4v) is 1.31. The minimum Gasteiger partial charge on any atom is -0.465 e. The highest BCUT2D eigenvalue weighted by molar-refractivity contribution is 5.75. The SMILES string of the molecule is CCOC(=O)[C@H](N)Cc1ccc(C)cc1. The average molecular weight is 207 g/mol. The van der Waals surface area contributed by atoms with Gasteiger partial charge >= 0.3 is 5.97 Å². The molecule has 3 nitrogen and oxygen atoms in total. The molecule has 1 aromatic rings. The van der Waals surface area contributed by atoms with E-state index in [4.69, 9.17) is 10.5 Å². The highest BCUT2D eigenvalue weighted by Gasteiger charge is 2.14. The first-order chi connectivity index (χ1) is 7.13. The average Bonchev–Trinajstić information content (AvgIpc) is 2.22. The smallest absolute Gasteiger partial charge is 0.323 e. The van der Waals surface area contributed by atoms with Crippen LogP contribution in [0.3, 0.4) is 0 Å². The second-order valence-electron chi connectivity index (χ2n) is 3.55. The van der Waals surface area contributed by atoms with Crippen molar-refractivity contribution in [2.24, 2.45) is 5.73 Å². The molecule has 0 aliphatic heterocycles. The standard InChI is InChI=1S/C12H17NO2/c1-3-15-12(14)11(13)8-10-6-4-9(2)5-7-10/h4-7,11H,3,8,13H2,1-2H3/t11-/m1/s1. The molecule has 2 N–H and O–H groups in total. The van der Waals surface area contributed by atoms with Crippen molar-refractivity contribution >= 4 is 5.97 Å². The van der Waals surface area contributed by atoms with Gasteiger partial charge in [-0.05, 0) is 25.8 Å². The van der Waals surface area contributed by atoms with Crippen molar-refractivity contribution in [3.63, 3.8) is 0 Å². The number of rotatable bonds is 4. The van der Waals surface area contributed by atoms with Crippen LogP contribution in [0.2, 0.25) is 0 Å². The molecule has 0 aliphatic carbocycles. The fraction of sp³-hybridized carbons (Fsp3) is 0.417. The van der Waals surface area contributed by atoms with E-state index in [-0.39, 0.29) is 5.97 Å². The number of ether oxygens (including phenoxy) is 1. The summed E-state index contributed by atoms with van der Waals surface area (Å²) in [6, 6.07) is 7.41. The summed E-state index contributed by atoms with van der Waals surface area (Å²) in [6.45, 7) is 4.17. The van der Waals surface area contributed by atoms with Crippen molar-refractivity contribution in [2.75, 3.05) is 6.61 Å². The van der Waals surface area contributed by atoms with Crippen LogP contribution in [0.4, 0.5) is 0 Å². The lowest BCUT2D eigenvalue weighted by molar-refractivity contribution is -0.144. The zero-order chi connectivity index (χ0) is 11.3. The summed E-state index contributed by atoms with van der Waals surface area (Å²) in [7, 11) is 0. The molecular formula is C12H17NO2. The predicted molar refractivity (Wildman–Crippen MR) is 59.5 cm³/mol. The Morgan fingerprint density at radius 1 is 1.40 bits per heavy atom. The number of esters is 1. The Morgan fingerprint density at radius 3 is 2.53 bits per heavy atom. The van der Waals surface area contributed by atoms with Gasteiger partial charge in [0.15, 0.2) is 0 Å². The van der Waals surface area contributed by atoms with Crippen molar-refractivity contribution in [3.8, 4) is 0 Å². The Morgan fingerprint density at radius 2 is 2.00 bits per heavy atom. The maximum atomic E-state index is 11.3. The van der Waals surface area contributed by atoms with Crippen LogP contribution in [0, 0.1) is 6.92 Å². The first kappa shape index (κ1) is 11.7. The van der Waals surface area contributed by atoms with E-state index in [1.54, 1.807) is 6.92 Å². The molecule has 1 aromatic carbocycles. The van der Waals surface area contributed by atoms with Crippen LogP contribution in [-0.4, -0.2) is 18.6 Å². The molecule has 0 unspecified atom stereocenters. The topological polar surface area (TPSA) is 52.3 Å². The maximum absolute atomic E-state index is 11.3. The van der Waals surface area contributed by atoms with E-state index in [9.17, 15) is 4.79 Å². The highest BCUT2D eigenvalue weighted by Crippen LogP contribution is 2.05. The van der Waals surface area contributed by atoms with Crippen molar-refractivity contribution in [2.45, 2.75) is 26.3 Å². The Labute approximate surface area is 90.2 Å². The van der Waals surface area contributed by atoms with Gasteiger partial charge in [-0.2, -0.15) is 0 Å². The van der Waals surface area contributed by atoms with Crippen LogP contribution < -0.4 is 5.73 Å². The molecule has 0 aliphatic rings. The van der Waals surface area contributed by atoms with E-state index >= 15 is 0 Å². The van der Waals surface area contributed by atoms with Gasteiger partial charge in [0.05, 0.1) is 6.61 Å². The maximum Gasteiger partial charge on any atom is 0.323 e. The largest absolute Gasteiger partial charge is 0.465 e. The third-order valence-electron chi connectivity index (χ3n) is 2.17. The number of nitrogens with two attached hydrogens (primary N) is 1. The molecule has 0 amide bonds. The first-order valence-electron chi connectivity index (χ1n) is 5.11. The zero-order valence-corrected chi connectivity index (χ0v) is 9.19. The van der Waals surface area contributed by atoms with Gasteiger partial charge in [-0.25, -0.2) is 0 Å². The van der Waals surface area contributed by atoms with Crippen LogP contribution >= 0.6 is 0 Å². The van der Waals surface area contributed by atoms with Crippen LogP contribution in [0.15, 0.2) is 24.3 Å². The number of benzene rings is 1. The van der Waals surface area contributed by atoms with E-state index in [0.29, 0.717) is 13.0 Å². The fourth-order valence-electron chi connectivity index (χ4n) is 1.31. The Bertz CT molecular complexity index is 319. The van der Waals surface area contributed by atoms with E-state index < -0.39 is 6.04 Å². The van der Waals surface area contributed by atoms with Gasteiger partial charge in [-0.3, -0.25) is 4.79 Å².